The summed E-state index contributed by atoms with van der Waals surface area (Å²) in [6.45, 7) is 2.08. The van der Waals surface area contributed by atoms with Gasteiger partial charge in [-0.15, -0.1) is 11.8 Å². The molecule has 1 atom stereocenters. The topological polar surface area (TPSA) is 29.5 Å². The molecule has 1 unspecified atom stereocenters. The Balaban J connectivity index is 1.57. The summed E-state index contributed by atoms with van der Waals surface area (Å²) in [6.07, 6.45) is 0. The summed E-state index contributed by atoms with van der Waals surface area (Å²) in [6, 6.07) is 23.1. The normalized spacial score (nSPS) is 16.6. The summed E-state index contributed by atoms with van der Waals surface area (Å²) >= 11 is 7.56. The number of nitrogens with zero attached hydrogens (tertiary/aromatic N) is 1. The van der Waals surface area contributed by atoms with E-state index in [1.54, 1.807) is 23.9 Å². The molecule has 1 saturated heterocycles. The molecule has 1 fully saturated rings. The summed E-state index contributed by atoms with van der Waals surface area (Å²) in [5.41, 5.74) is 3.24. The average molecular weight is 396 g/mol. The summed E-state index contributed by atoms with van der Waals surface area (Å²) in [7, 11) is 0. The van der Waals surface area contributed by atoms with Crippen LogP contribution in [0.25, 0.3) is 0 Å². The zero-order chi connectivity index (χ0) is 18.8. The average Bonchev–Trinajstić information content (AvgIpc) is 3.06. The minimum atomic E-state index is 0.00161. The van der Waals surface area contributed by atoms with Crippen molar-refractivity contribution in [1.82, 2.24) is 0 Å². The number of ether oxygens (including phenoxy) is 1. The molecule has 0 N–H and O–H groups in total. The van der Waals surface area contributed by atoms with Crippen molar-refractivity contribution in [3.8, 4) is 11.5 Å². The van der Waals surface area contributed by atoms with Gasteiger partial charge < -0.3 is 4.74 Å². The van der Waals surface area contributed by atoms with Gasteiger partial charge in [-0.05, 0) is 66.6 Å². The van der Waals surface area contributed by atoms with E-state index in [-0.39, 0.29) is 11.3 Å². The zero-order valence-corrected chi connectivity index (χ0v) is 16.3. The number of halogens is 1. The van der Waals surface area contributed by atoms with E-state index < -0.39 is 0 Å². The van der Waals surface area contributed by atoms with Gasteiger partial charge in [0.15, 0.2) is 0 Å². The number of carbonyl (C=O) groups excluding carboxylic acids is 1. The molecule has 1 aliphatic rings. The van der Waals surface area contributed by atoms with Gasteiger partial charge in [-0.3, -0.25) is 9.69 Å². The third kappa shape index (κ3) is 3.82. The molecule has 3 nitrogen and oxygen atoms in total. The van der Waals surface area contributed by atoms with Crippen molar-refractivity contribution in [3.63, 3.8) is 0 Å². The lowest BCUT2D eigenvalue weighted by molar-refractivity contribution is -0.115. The second kappa shape index (κ2) is 7.67. The third-order valence-electron chi connectivity index (χ3n) is 4.49. The van der Waals surface area contributed by atoms with Crippen molar-refractivity contribution in [1.29, 1.82) is 0 Å². The minimum absolute atomic E-state index is 0.00161. The van der Waals surface area contributed by atoms with Gasteiger partial charge in [0.05, 0.1) is 5.75 Å². The maximum atomic E-state index is 12.5. The van der Waals surface area contributed by atoms with E-state index in [1.165, 1.54) is 11.1 Å². The first-order chi connectivity index (χ1) is 13.1. The third-order valence-corrected chi connectivity index (χ3v) is 5.93. The predicted octanol–water partition coefficient (Wildman–Crippen LogP) is 6.22. The van der Waals surface area contributed by atoms with E-state index in [0.29, 0.717) is 16.5 Å². The largest absolute Gasteiger partial charge is 0.457 e. The van der Waals surface area contributed by atoms with E-state index in [9.17, 15) is 4.79 Å². The second-order valence-corrected chi connectivity index (χ2v) is 7.84. The number of amides is 1. The molecule has 136 valence electrons. The predicted molar refractivity (Wildman–Crippen MR) is 112 cm³/mol. The van der Waals surface area contributed by atoms with Crippen LogP contribution in [0.4, 0.5) is 5.69 Å². The molecule has 1 heterocycles. The molecule has 0 aliphatic carbocycles. The monoisotopic (exact) mass is 395 g/mol. The van der Waals surface area contributed by atoms with Gasteiger partial charge in [-0.2, -0.15) is 0 Å². The maximum Gasteiger partial charge on any atom is 0.238 e. The smallest absolute Gasteiger partial charge is 0.238 e. The fourth-order valence-corrected chi connectivity index (χ4v) is 4.51. The van der Waals surface area contributed by atoms with Crippen LogP contribution in [0.15, 0.2) is 72.8 Å². The first kappa shape index (κ1) is 18.0. The Morgan fingerprint density at radius 2 is 1.59 bits per heavy atom. The molecule has 1 aliphatic heterocycles. The Labute approximate surface area is 167 Å². The Hall–Kier alpha value is -2.43. The van der Waals surface area contributed by atoms with Gasteiger partial charge >= 0.3 is 0 Å². The molecule has 4 rings (SSSR count). The van der Waals surface area contributed by atoms with Crippen molar-refractivity contribution in [2.24, 2.45) is 0 Å². The second-order valence-electron chi connectivity index (χ2n) is 6.33. The van der Waals surface area contributed by atoms with Crippen LogP contribution in [-0.4, -0.2) is 11.7 Å². The number of carbonyl (C=O) groups is 1. The number of hydrogen-bond donors (Lipinski definition) is 0. The highest BCUT2D eigenvalue weighted by molar-refractivity contribution is 8.00. The summed E-state index contributed by atoms with van der Waals surface area (Å²) < 4.78 is 5.84. The Kier molecular flexibility index (Phi) is 5.10. The molecule has 5 heteroatoms. The maximum absolute atomic E-state index is 12.5. The van der Waals surface area contributed by atoms with Crippen molar-refractivity contribution in [2.45, 2.75) is 12.3 Å². The number of anilines is 1. The molecular weight excluding hydrogens is 378 g/mol. The van der Waals surface area contributed by atoms with Crippen LogP contribution in [0.3, 0.4) is 0 Å². The molecule has 1 amide bonds. The van der Waals surface area contributed by atoms with Crippen molar-refractivity contribution in [2.75, 3.05) is 10.7 Å². The molecule has 3 aromatic rings. The first-order valence-corrected chi connectivity index (χ1v) is 10.1. The highest BCUT2D eigenvalue weighted by atomic mass is 35.5. The number of benzene rings is 3. The lowest BCUT2D eigenvalue weighted by Gasteiger charge is -2.25. The van der Waals surface area contributed by atoms with Gasteiger partial charge in [0, 0.05) is 10.7 Å². The molecule has 3 aromatic carbocycles. The number of aryl methyl sites for hydroxylation is 1. The molecule has 0 aromatic heterocycles. The highest BCUT2D eigenvalue weighted by Crippen LogP contribution is 2.43. The SMILES string of the molecule is Cc1ccccc1C1SCC(=O)N1c1ccc(Oc2ccc(Cl)cc2)cc1. The molecule has 0 spiro atoms. The van der Waals surface area contributed by atoms with Crippen molar-refractivity contribution in [3.05, 3.63) is 88.9 Å². The van der Waals surface area contributed by atoms with Crippen LogP contribution >= 0.6 is 23.4 Å². The zero-order valence-electron chi connectivity index (χ0n) is 14.8. The van der Waals surface area contributed by atoms with E-state index >= 15 is 0 Å². The van der Waals surface area contributed by atoms with Crippen molar-refractivity contribution >= 4 is 35.0 Å². The van der Waals surface area contributed by atoms with Crippen LogP contribution in [0, 0.1) is 6.92 Å². The number of hydrogen-bond acceptors (Lipinski definition) is 3. The molecule has 27 heavy (non-hydrogen) atoms. The molecule has 0 radical (unpaired) electrons. The number of rotatable bonds is 4. The van der Waals surface area contributed by atoms with E-state index in [2.05, 4.69) is 19.1 Å². The van der Waals surface area contributed by atoms with Crippen LogP contribution in [-0.2, 0) is 4.79 Å². The van der Waals surface area contributed by atoms with Gasteiger partial charge in [-0.25, -0.2) is 0 Å². The van der Waals surface area contributed by atoms with Gasteiger partial charge in [0.25, 0.3) is 0 Å². The molecular formula is C22H18ClNO2S. The van der Waals surface area contributed by atoms with Gasteiger partial charge in [0.1, 0.15) is 16.9 Å². The van der Waals surface area contributed by atoms with Gasteiger partial charge in [-0.1, -0.05) is 35.9 Å². The van der Waals surface area contributed by atoms with E-state index in [1.807, 2.05) is 53.4 Å². The highest BCUT2D eigenvalue weighted by Gasteiger charge is 2.34. The first-order valence-electron chi connectivity index (χ1n) is 8.64. The fourth-order valence-electron chi connectivity index (χ4n) is 3.11. The van der Waals surface area contributed by atoms with Crippen LogP contribution in [0.1, 0.15) is 16.5 Å². The summed E-state index contributed by atoms with van der Waals surface area (Å²) in [5.74, 6) is 2.05. The van der Waals surface area contributed by atoms with Crippen LogP contribution in [0.5, 0.6) is 11.5 Å². The van der Waals surface area contributed by atoms with Crippen LogP contribution < -0.4 is 9.64 Å². The number of thioether (sulfide) groups is 1. The fraction of sp³-hybridized carbons (Fsp3) is 0.136. The quantitative estimate of drug-likeness (QED) is 0.525. The summed E-state index contributed by atoms with van der Waals surface area (Å²) in [5, 5.41) is 0.673. The Bertz CT molecular complexity index is 957. The van der Waals surface area contributed by atoms with E-state index in [4.69, 9.17) is 16.3 Å². The standard InChI is InChI=1S/C22H18ClNO2S/c1-15-4-2-3-5-20(15)22-24(21(25)14-27-22)17-8-12-19(13-9-17)26-18-10-6-16(23)7-11-18/h2-13,22H,14H2,1H3. The Morgan fingerprint density at radius 3 is 2.26 bits per heavy atom. The minimum Gasteiger partial charge on any atom is -0.457 e. The van der Waals surface area contributed by atoms with Crippen LogP contribution in [0.2, 0.25) is 5.02 Å². The van der Waals surface area contributed by atoms with E-state index in [0.717, 1.165) is 11.4 Å². The molecule has 0 saturated carbocycles. The summed E-state index contributed by atoms with van der Waals surface area (Å²) in [4.78, 5) is 14.4. The lowest BCUT2D eigenvalue weighted by atomic mass is 10.1. The lowest BCUT2D eigenvalue weighted by Crippen LogP contribution is -2.28. The van der Waals surface area contributed by atoms with Gasteiger partial charge in [0.2, 0.25) is 5.91 Å². The molecule has 0 bridgehead atoms. The van der Waals surface area contributed by atoms with Crippen molar-refractivity contribution < 1.29 is 9.53 Å². The Morgan fingerprint density at radius 1 is 0.963 bits per heavy atom.